The quantitative estimate of drug-likeness (QED) is 0.671. The third-order valence-electron chi connectivity index (χ3n) is 4.94. The van der Waals surface area contributed by atoms with Crippen molar-refractivity contribution in [3.63, 3.8) is 0 Å². The number of carbonyl (C=O) groups is 1. The van der Waals surface area contributed by atoms with Gasteiger partial charge in [-0.2, -0.15) is 0 Å². The van der Waals surface area contributed by atoms with Crippen molar-refractivity contribution in [2.75, 3.05) is 0 Å². The van der Waals surface area contributed by atoms with Gasteiger partial charge in [0.25, 0.3) is 0 Å². The van der Waals surface area contributed by atoms with Crippen LogP contribution in [0.25, 0.3) is 0 Å². The van der Waals surface area contributed by atoms with Crippen LogP contribution in [-0.4, -0.2) is 16.5 Å². The Morgan fingerprint density at radius 2 is 2.07 bits per heavy atom. The fraction of sp³-hybridized carbons (Fsp3) is 0.769. The summed E-state index contributed by atoms with van der Waals surface area (Å²) in [6.07, 6.45) is 4.27. The first kappa shape index (κ1) is 10.9. The number of rotatable bonds is 1. The fourth-order valence-corrected chi connectivity index (χ4v) is 3.72. The molecule has 0 aromatic carbocycles. The van der Waals surface area contributed by atoms with E-state index in [2.05, 4.69) is 20.4 Å². The first-order valence-corrected chi connectivity index (χ1v) is 5.69. The number of fused-ring (bicyclic) bond motifs is 2. The molecule has 2 fully saturated rings. The third kappa shape index (κ3) is 1.06. The minimum absolute atomic E-state index is 0.0243. The second-order valence-electron chi connectivity index (χ2n) is 5.94. The number of ketones is 1. The molecule has 0 aromatic heterocycles. The number of aliphatic hydroxyl groups is 1. The van der Waals surface area contributed by atoms with Gasteiger partial charge in [0, 0.05) is 0 Å². The highest BCUT2D eigenvalue weighted by molar-refractivity contribution is 5.95. The molecule has 0 aromatic rings. The molecule has 3 atom stereocenters. The molecular weight excluding hydrogens is 188 g/mol. The summed E-state index contributed by atoms with van der Waals surface area (Å²) in [7, 11) is 0. The summed E-state index contributed by atoms with van der Waals surface area (Å²) in [6.45, 7) is 9.76. The molecule has 2 rings (SSSR count). The van der Waals surface area contributed by atoms with E-state index in [0.29, 0.717) is 12.3 Å². The van der Waals surface area contributed by atoms with Gasteiger partial charge >= 0.3 is 0 Å². The lowest BCUT2D eigenvalue weighted by molar-refractivity contribution is -0.159. The van der Waals surface area contributed by atoms with Crippen LogP contribution in [0.2, 0.25) is 0 Å². The van der Waals surface area contributed by atoms with E-state index in [-0.39, 0.29) is 11.2 Å². The van der Waals surface area contributed by atoms with E-state index >= 15 is 0 Å². The smallest absolute Gasteiger partial charge is 0.174 e. The van der Waals surface area contributed by atoms with E-state index in [0.717, 1.165) is 12.8 Å². The Morgan fingerprint density at radius 3 is 2.60 bits per heavy atom. The fourth-order valence-electron chi connectivity index (χ4n) is 3.72. The van der Waals surface area contributed by atoms with Crippen molar-refractivity contribution in [1.82, 2.24) is 0 Å². The normalized spacial score (nSPS) is 48.0. The predicted molar refractivity (Wildman–Crippen MR) is 59.4 cm³/mol. The molecule has 0 radical (unpaired) electrons. The topological polar surface area (TPSA) is 37.3 Å². The van der Waals surface area contributed by atoms with Gasteiger partial charge in [-0.1, -0.05) is 19.9 Å². The van der Waals surface area contributed by atoms with Crippen molar-refractivity contribution in [2.24, 2.45) is 16.7 Å². The highest BCUT2D eigenvalue weighted by Gasteiger charge is 2.65. The van der Waals surface area contributed by atoms with Gasteiger partial charge in [-0.3, -0.25) is 4.79 Å². The average molecular weight is 208 g/mol. The predicted octanol–water partition coefficient (Wildman–Crippen LogP) is 2.32. The third-order valence-corrected chi connectivity index (χ3v) is 4.94. The minimum Gasteiger partial charge on any atom is -0.382 e. The molecule has 2 heteroatoms. The Morgan fingerprint density at radius 1 is 1.47 bits per heavy atom. The van der Waals surface area contributed by atoms with Gasteiger partial charge in [0.05, 0.1) is 5.41 Å². The summed E-state index contributed by atoms with van der Waals surface area (Å²) in [5.41, 5.74) is -1.70. The number of hydrogen-bond donors (Lipinski definition) is 1. The molecule has 0 spiro atoms. The van der Waals surface area contributed by atoms with Crippen molar-refractivity contribution in [3.05, 3.63) is 12.7 Å². The van der Waals surface area contributed by atoms with Crippen LogP contribution >= 0.6 is 0 Å². The average Bonchev–Trinajstić information content (AvgIpc) is 2.31. The van der Waals surface area contributed by atoms with Gasteiger partial charge < -0.3 is 5.11 Å². The summed E-state index contributed by atoms with van der Waals surface area (Å²) in [6, 6.07) is 0. The minimum atomic E-state index is -1.15. The lowest BCUT2D eigenvalue weighted by atomic mass is 9.54. The molecule has 1 N–H and O–H groups in total. The van der Waals surface area contributed by atoms with Crippen molar-refractivity contribution >= 4 is 5.78 Å². The summed E-state index contributed by atoms with van der Waals surface area (Å²) >= 11 is 0. The van der Waals surface area contributed by atoms with Crippen molar-refractivity contribution in [2.45, 2.75) is 45.6 Å². The lowest BCUT2D eigenvalue weighted by Crippen LogP contribution is -2.57. The molecule has 2 aliphatic rings. The highest BCUT2D eigenvalue weighted by Crippen LogP contribution is 2.63. The Kier molecular flexibility index (Phi) is 1.98. The Labute approximate surface area is 91.4 Å². The number of hydrogen-bond acceptors (Lipinski definition) is 2. The maximum absolute atomic E-state index is 12.4. The summed E-state index contributed by atoms with van der Waals surface area (Å²) in [5, 5.41) is 10.2. The monoisotopic (exact) mass is 208 g/mol. The largest absolute Gasteiger partial charge is 0.382 e. The van der Waals surface area contributed by atoms with Crippen molar-refractivity contribution < 1.29 is 9.90 Å². The standard InChI is InChI=1S/C13H20O2/c1-5-13-7-6-9(11(13,2)3)8-12(4,15)10(13)14/h5,9,15H,1,6-8H2,2-4H3/t9-,12-,13+/m1/s1. The Balaban J connectivity index is 2.56. The van der Waals surface area contributed by atoms with Crippen LogP contribution in [0, 0.1) is 16.7 Å². The zero-order chi connectivity index (χ0) is 11.5. The van der Waals surface area contributed by atoms with E-state index in [1.165, 1.54) is 0 Å². The van der Waals surface area contributed by atoms with Crippen LogP contribution in [0.5, 0.6) is 0 Å². The van der Waals surface area contributed by atoms with E-state index in [1.807, 2.05) is 0 Å². The van der Waals surface area contributed by atoms with Gasteiger partial charge in [-0.25, -0.2) is 0 Å². The van der Waals surface area contributed by atoms with Gasteiger partial charge in [0.15, 0.2) is 5.78 Å². The first-order chi connectivity index (χ1) is 6.78. The molecule has 0 aliphatic heterocycles. The molecule has 0 heterocycles. The van der Waals surface area contributed by atoms with Crippen molar-refractivity contribution in [3.8, 4) is 0 Å². The second-order valence-corrected chi connectivity index (χ2v) is 5.94. The van der Waals surface area contributed by atoms with Crippen LogP contribution in [0.3, 0.4) is 0 Å². The van der Waals surface area contributed by atoms with Gasteiger partial charge in [-0.05, 0) is 37.5 Å². The van der Waals surface area contributed by atoms with Crippen molar-refractivity contribution in [1.29, 1.82) is 0 Å². The molecule has 2 bridgehead atoms. The molecule has 2 nitrogen and oxygen atoms in total. The molecule has 0 amide bonds. The van der Waals surface area contributed by atoms with Gasteiger partial charge in [0.2, 0.25) is 0 Å². The van der Waals surface area contributed by atoms with Crippen LogP contribution in [-0.2, 0) is 4.79 Å². The second kappa shape index (κ2) is 2.73. The molecule has 2 aliphatic carbocycles. The SMILES string of the molecule is C=C[C@]12CC[C@H](C[C@@](C)(O)C1=O)C2(C)C. The summed E-state index contributed by atoms with van der Waals surface area (Å²) in [5.74, 6) is 0.409. The highest BCUT2D eigenvalue weighted by atomic mass is 16.3. The Hall–Kier alpha value is -0.630. The van der Waals surface area contributed by atoms with Gasteiger partial charge in [0.1, 0.15) is 5.60 Å². The van der Waals surface area contributed by atoms with E-state index in [9.17, 15) is 9.90 Å². The van der Waals surface area contributed by atoms with E-state index in [1.54, 1.807) is 13.0 Å². The van der Waals surface area contributed by atoms with Crippen LogP contribution in [0.4, 0.5) is 0 Å². The maximum atomic E-state index is 12.4. The zero-order valence-corrected chi connectivity index (χ0v) is 9.84. The summed E-state index contributed by atoms with van der Waals surface area (Å²) in [4.78, 5) is 12.4. The van der Waals surface area contributed by atoms with Gasteiger partial charge in [-0.15, -0.1) is 6.58 Å². The first-order valence-electron chi connectivity index (χ1n) is 5.69. The van der Waals surface area contributed by atoms with Crippen LogP contribution in [0.1, 0.15) is 40.0 Å². The van der Waals surface area contributed by atoms with Crippen LogP contribution < -0.4 is 0 Å². The number of Topliss-reactive ketones (excluding diaryl/α,β-unsaturated/α-hetero) is 1. The Bertz CT molecular complexity index is 327. The molecule has 15 heavy (non-hydrogen) atoms. The molecule has 2 saturated carbocycles. The molecule has 84 valence electrons. The molecular formula is C13H20O2. The zero-order valence-electron chi connectivity index (χ0n) is 9.84. The lowest BCUT2D eigenvalue weighted by Gasteiger charge is -2.50. The number of carbonyl (C=O) groups excluding carboxylic acids is 1. The van der Waals surface area contributed by atoms with Crippen LogP contribution in [0.15, 0.2) is 12.7 Å². The van der Waals surface area contributed by atoms with E-state index in [4.69, 9.17) is 0 Å². The maximum Gasteiger partial charge on any atom is 0.174 e. The molecule has 0 unspecified atom stereocenters. The van der Waals surface area contributed by atoms with E-state index < -0.39 is 11.0 Å². The number of allylic oxidation sites excluding steroid dienone is 1. The molecule has 0 saturated heterocycles. The summed E-state index contributed by atoms with van der Waals surface area (Å²) < 4.78 is 0.